The van der Waals surface area contributed by atoms with Gasteiger partial charge in [-0.3, -0.25) is 4.79 Å². The molecule has 0 atom stereocenters. The number of pyridine rings is 1. The zero-order chi connectivity index (χ0) is 14.7. The molecule has 1 aromatic heterocycles. The van der Waals surface area contributed by atoms with E-state index in [9.17, 15) is 10.0 Å². The molecule has 0 saturated heterocycles. The molecule has 6 nitrogen and oxygen atoms in total. The minimum Gasteiger partial charge on any atom is -0.619 e. The topological polar surface area (TPSA) is 74.5 Å². The number of amides is 1. The highest BCUT2D eigenvalue weighted by molar-refractivity contribution is 5.93. The zero-order valence-electron chi connectivity index (χ0n) is 11.2. The van der Waals surface area contributed by atoms with Gasteiger partial charge in [0.1, 0.15) is 13.2 Å². The molecule has 1 amide bonds. The minimum absolute atomic E-state index is 0.231. The average molecular weight is 286 g/mol. The van der Waals surface area contributed by atoms with Gasteiger partial charge in [0.25, 0.3) is 5.91 Å². The van der Waals surface area contributed by atoms with Crippen molar-refractivity contribution < 1.29 is 19.0 Å². The van der Waals surface area contributed by atoms with Gasteiger partial charge in [0.15, 0.2) is 23.9 Å². The number of ether oxygens (including phenoxy) is 2. The summed E-state index contributed by atoms with van der Waals surface area (Å²) in [5, 5.41) is 13.7. The van der Waals surface area contributed by atoms with Crippen LogP contribution in [0.15, 0.2) is 42.7 Å². The van der Waals surface area contributed by atoms with Crippen LogP contribution >= 0.6 is 0 Å². The number of carbonyl (C=O) groups excluding carboxylic acids is 1. The predicted octanol–water partition coefficient (Wildman–Crippen LogP) is 1.02. The van der Waals surface area contributed by atoms with Crippen LogP contribution < -0.4 is 19.5 Å². The largest absolute Gasteiger partial charge is 0.619 e. The number of nitrogens with one attached hydrogen (secondary N) is 1. The van der Waals surface area contributed by atoms with Crippen LogP contribution in [0.1, 0.15) is 15.9 Å². The molecule has 3 rings (SSSR count). The molecule has 2 heterocycles. The first kappa shape index (κ1) is 13.2. The summed E-state index contributed by atoms with van der Waals surface area (Å²) in [6, 6.07) is 8.52. The zero-order valence-corrected chi connectivity index (χ0v) is 11.2. The van der Waals surface area contributed by atoms with Crippen LogP contribution in [0.25, 0.3) is 0 Å². The van der Waals surface area contributed by atoms with E-state index in [-0.39, 0.29) is 5.91 Å². The van der Waals surface area contributed by atoms with Gasteiger partial charge >= 0.3 is 0 Å². The Morgan fingerprint density at radius 1 is 1.14 bits per heavy atom. The van der Waals surface area contributed by atoms with Gasteiger partial charge in [0.2, 0.25) is 0 Å². The van der Waals surface area contributed by atoms with Gasteiger partial charge in [0.05, 0.1) is 5.56 Å². The van der Waals surface area contributed by atoms with Gasteiger partial charge in [0, 0.05) is 18.7 Å². The van der Waals surface area contributed by atoms with Gasteiger partial charge in [-0.15, -0.1) is 0 Å². The number of carbonyl (C=O) groups is 1. The van der Waals surface area contributed by atoms with Crippen molar-refractivity contribution in [1.82, 2.24) is 5.32 Å². The van der Waals surface area contributed by atoms with Crippen molar-refractivity contribution in [3.8, 4) is 11.5 Å². The van der Waals surface area contributed by atoms with E-state index in [1.807, 2.05) is 18.2 Å². The fourth-order valence-corrected chi connectivity index (χ4v) is 2.05. The van der Waals surface area contributed by atoms with Gasteiger partial charge in [-0.25, -0.2) is 0 Å². The van der Waals surface area contributed by atoms with Crippen molar-refractivity contribution in [2.24, 2.45) is 0 Å². The summed E-state index contributed by atoms with van der Waals surface area (Å²) in [4.78, 5) is 11.9. The first-order chi connectivity index (χ1) is 10.2. The summed E-state index contributed by atoms with van der Waals surface area (Å²) in [7, 11) is 0. The number of fused-ring (bicyclic) bond motifs is 1. The Labute approximate surface area is 121 Å². The number of nitrogens with zero attached hydrogens (tertiary/aromatic N) is 1. The second-order valence-corrected chi connectivity index (χ2v) is 4.61. The number of benzene rings is 1. The quantitative estimate of drug-likeness (QED) is 0.675. The number of rotatable bonds is 3. The number of hydrogen-bond acceptors (Lipinski definition) is 4. The van der Waals surface area contributed by atoms with Gasteiger partial charge in [-0.2, -0.15) is 4.73 Å². The van der Waals surface area contributed by atoms with Crippen LogP contribution in [-0.2, 0) is 6.54 Å². The maximum absolute atomic E-state index is 11.9. The minimum atomic E-state index is -0.231. The third-order valence-corrected chi connectivity index (χ3v) is 3.12. The van der Waals surface area contributed by atoms with Gasteiger partial charge < -0.3 is 20.0 Å². The lowest BCUT2D eigenvalue weighted by Gasteiger charge is -2.18. The van der Waals surface area contributed by atoms with Crippen LogP contribution in [0.2, 0.25) is 0 Å². The Balaban J connectivity index is 1.64. The van der Waals surface area contributed by atoms with E-state index >= 15 is 0 Å². The van der Waals surface area contributed by atoms with Crippen LogP contribution in [-0.4, -0.2) is 19.1 Å². The predicted molar refractivity (Wildman–Crippen MR) is 74.0 cm³/mol. The number of aromatic nitrogens is 1. The lowest BCUT2D eigenvalue weighted by Crippen LogP contribution is -2.27. The van der Waals surface area contributed by atoms with E-state index in [0.717, 1.165) is 11.3 Å². The molecule has 1 aliphatic rings. The van der Waals surface area contributed by atoms with Crippen molar-refractivity contribution in [2.75, 3.05) is 13.2 Å². The Hall–Kier alpha value is -2.76. The average Bonchev–Trinajstić information content (AvgIpc) is 2.53. The molecule has 0 bridgehead atoms. The van der Waals surface area contributed by atoms with E-state index < -0.39 is 0 Å². The van der Waals surface area contributed by atoms with Gasteiger partial charge in [-0.05, 0) is 17.7 Å². The first-order valence-electron chi connectivity index (χ1n) is 6.58. The summed E-state index contributed by atoms with van der Waals surface area (Å²) < 4.78 is 11.6. The molecule has 6 heteroatoms. The highest BCUT2D eigenvalue weighted by Gasteiger charge is 2.12. The number of hydrogen-bond donors (Lipinski definition) is 1. The molecule has 21 heavy (non-hydrogen) atoms. The second-order valence-electron chi connectivity index (χ2n) is 4.61. The van der Waals surface area contributed by atoms with Crippen molar-refractivity contribution in [1.29, 1.82) is 0 Å². The smallest absolute Gasteiger partial charge is 0.252 e. The molecule has 1 aromatic carbocycles. The maximum Gasteiger partial charge on any atom is 0.252 e. The molecule has 0 aliphatic carbocycles. The Kier molecular flexibility index (Phi) is 3.59. The van der Waals surface area contributed by atoms with E-state index in [4.69, 9.17) is 9.47 Å². The first-order valence-corrected chi connectivity index (χ1v) is 6.58. The van der Waals surface area contributed by atoms with Crippen molar-refractivity contribution >= 4 is 5.91 Å². The third-order valence-electron chi connectivity index (χ3n) is 3.12. The van der Waals surface area contributed by atoms with E-state index in [1.165, 1.54) is 24.5 Å². The second kappa shape index (κ2) is 5.70. The molecule has 1 N–H and O–H groups in total. The molecular formula is C15H14N2O4. The van der Waals surface area contributed by atoms with Crippen LogP contribution in [0.4, 0.5) is 0 Å². The van der Waals surface area contributed by atoms with E-state index in [0.29, 0.717) is 35.8 Å². The summed E-state index contributed by atoms with van der Waals surface area (Å²) in [5.74, 6) is 1.19. The maximum atomic E-state index is 11.9. The Morgan fingerprint density at radius 3 is 2.62 bits per heavy atom. The van der Waals surface area contributed by atoms with Crippen molar-refractivity contribution in [3.63, 3.8) is 0 Å². The SMILES string of the molecule is O=C(NCc1ccc2c(c1)OCCO2)c1cc[n+]([O-])cc1. The molecular weight excluding hydrogens is 272 g/mol. The lowest BCUT2D eigenvalue weighted by atomic mass is 10.2. The molecule has 0 radical (unpaired) electrons. The van der Waals surface area contributed by atoms with Crippen LogP contribution in [0.3, 0.4) is 0 Å². The molecule has 108 valence electrons. The Morgan fingerprint density at radius 2 is 1.86 bits per heavy atom. The normalized spacial score (nSPS) is 12.8. The van der Waals surface area contributed by atoms with Crippen molar-refractivity contribution in [2.45, 2.75) is 6.54 Å². The summed E-state index contributed by atoms with van der Waals surface area (Å²) in [6.07, 6.45) is 2.58. The lowest BCUT2D eigenvalue weighted by molar-refractivity contribution is -0.605. The monoisotopic (exact) mass is 286 g/mol. The van der Waals surface area contributed by atoms with E-state index in [1.54, 1.807) is 0 Å². The summed E-state index contributed by atoms with van der Waals surface area (Å²) in [6.45, 7) is 1.46. The van der Waals surface area contributed by atoms with Crippen LogP contribution in [0, 0.1) is 5.21 Å². The molecule has 1 aliphatic heterocycles. The highest BCUT2D eigenvalue weighted by Crippen LogP contribution is 2.30. The third kappa shape index (κ3) is 3.05. The fraction of sp³-hybridized carbons (Fsp3) is 0.200. The highest BCUT2D eigenvalue weighted by atomic mass is 16.6. The summed E-state index contributed by atoms with van der Waals surface area (Å²) in [5.41, 5.74) is 1.36. The molecule has 0 fully saturated rings. The van der Waals surface area contributed by atoms with Crippen LogP contribution in [0.5, 0.6) is 11.5 Å². The fourth-order valence-electron chi connectivity index (χ4n) is 2.05. The van der Waals surface area contributed by atoms with Gasteiger partial charge in [-0.1, -0.05) is 6.07 Å². The van der Waals surface area contributed by atoms with E-state index in [2.05, 4.69) is 5.32 Å². The Bertz CT molecular complexity index is 655. The molecule has 0 unspecified atom stereocenters. The molecule has 2 aromatic rings. The summed E-state index contributed by atoms with van der Waals surface area (Å²) >= 11 is 0. The molecule has 0 spiro atoms. The standard InChI is InChI=1S/C15H14N2O4/c18-15(12-3-5-17(19)6-4-12)16-10-11-1-2-13-14(9-11)21-8-7-20-13/h1-6,9H,7-8,10H2,(H,16,18). The van der Waals surface area contributed by atoms with Crippen molar-refractivity contribution in [3.05, 3.63) is 59.1 Å². The molecule has 0 saturated carbocycles.